The van der Waals surface area contributed by atoms with E-state index in [2.05, 4.69) is 4.98 Å². The van der Waals surface area contributed by atoms with Crippen molar-refractivity contribution in [1.82, 2.24) is 4.98 Å². The lowest BCUT2D eigenvalue weighted by Gasteiger charge is -2.21. The van der Waals surface area contributed by atoms with Gasteiger partial charge in [-0.15, -0.1) is 0 Å². The number of anilines is 1. The summed E-state index contributed by atoms with van der Waals surface area (Å²) in [6, 6.07) is 17.1. The molecule has 0 saturated heterocycles. The predicted octanol–water partition coefficient (Wildman–Crippen LogP) is 5.72. The van der Waals surface area contributed by atoms with Crippen LogP contribution in [-0.2, 0) is 6.54 Å². The number of methoxy groups -OCH3 is 2. The average molecular weight is 484 g/mol. The van der Waals surface area contributed by atoms with Crippen LogP contribution in [0.15, 0.2) is 60.7 Å². The normalized spacial score (nSPS) is 10.8. The van der Waals surface area contributed by atoms with E-state index in [4.69, 9.17) is 21.1 Å². The van der Waals surface area contributed by atoms with Crippen molar-refractivity contribution in [2.45, 2.75) is 6.54 Å². The van der Waals surface area contributed by atoms with Crippen LogP contribution in [0.3, 0.4) is 0 Å². The number of hydrogen-bond donors (Lipinski definition) is 0. The SMILES string of the molecule is COc1cc(C(=O)N(Cc2ccccc2)c2nc3ccc(Cl)cc3s2)c([N+](=O)[O-])cc1OC. The van der Waals surface area contributed by atoms with Crippen molar-refractivity contribution < 1.29 is 19.2 Å². The van der Waals surface area contributed by atoms with Gasteiger partial charge >= 0.3 is 0 Å². The van der Waals surface area contributed by atoms with E-state index in [9.17, 15) is 14.9 Å². The van der Waals surface area contributed by atoms with E-state index in [0.717, 1.165) is 10.3 Å². The average Bonchev–Trinajstić information content (AvgIpc) is 3.24. The van der Waals surface area contributed by atoms with Gasteiger partial charge in [-0.2, -0.15) is 0 Å². The second-order valence-electron chi connectivity index (χ2n) is 6.97. The van der Waals surface area contributed by atoms with E-state index in [1.54, 1.807) is 18.2 Å². The zero-order chi connectivity index (χ0) is 23.5. The molecule has 4 aromatic rings. The Morgan fingerprint density at radius 1 is 1.09 bits per heavy atom. The molecule has 168 valence electrons. The van der Waals surface area contributed by atoms with Crippen molar-refractivity contribution in [3.05, 3.63) is 86.9 Å². The first-order valence-corrected chi connectivity index (χ1v) is 10.9. The molecule has 0 aliphatic heterocycles. The molecule has 10 heteroatoms. The molecule has 4 rings (SSSR count). The highest BCUT2D eigenvalue weighted by Crippen LogP contribution is 2.37. The van der Waals surface area contributed by atoms with E-state index < -0.39 is 10.8 Å². The highest BCUT2D eigenvalue weighted by Gasteiger charge is 2.30. The van der Waals surface area contributed by atoms with Crippen LogP contribution < -0.4 is 14.4 Å². The molecule has 33 heavy (non-hydrogen) atoms. The van der Waals surface area contributed by atoms with Gasteiger partial charge in [0.1, 0.15) is 5.56 Å². The molecule has 0 unspecified atom stereocenters. The Hall–Kier alpha value is -3.69. The van der Waals surface area contributed by atoms with Crippen molar-refractivity contribution in [2.75, 3.05) is 19.1 Å². The van der Waals surface area contributed by atoms with Gasteiger partial charge in [-0.1, -0.05) is 53.3 Å². The summed E-state index contributed by atoms with van der Waals surface area (Å²) in [5.74, 6) is -0.219. The molecule has 0 aliphatic carbocycles. The number of halogens is 1. The van der Waals surface area contributed by atoms with E-state index in [1.807, 2.05) is 30.3 Å². The van der Waals surface area contributed by atoms with Crippen LogP contribution in [0.2, 0.25) is 5.02 Å². The van der Waals surface area contributed by atoms with Gasteiger partial charge in [-0.3, -0.25) is 19.8 Å². The van der Waals surface area contributed by atoms with Crippen LogP contribution in [-0.4, -0.2) is 30.0 Å². The minimum atomic E-state index is -0.617. The Morgan fingerprint density at radius 3 is 2.45 bits per heavy atom. The summed E-state index contributed by atoms with van der Waals surface area (Å²) in [6.07, 6.45) is 0. The summed E-state index contributed by atoms with van der Waals surface area (Å²) in [6.45, 7) is 0.165. The van der Waals surface area contributed by atoms with E-state index >= 15 is 0 Å². The van der Waals surface area contributed by atoms with Crippen LogP contribution in [0.4, 0.5) is 10.8 Å². The highest BCUT2D eigenvalue weighted by atomic mass is 35.5. The molecular formula is C23H18ClN3O5S. The molecule has 0 fully saturated rings. The number of benzene rings is 3. The maximum Gasteiger partial charge on any atom is 0.286 e. The fourth-order valence-electron chi connectivity index (χ4n) is 3.33. The summed E-state index contributed by atoms with van der Waals surface area (Å²) < 4.78 is 11.3. The zero-order valence-electron chi connectivity index (χ0n) is 17.6. The monoisotopic (exact) mass is 483 g/mol. The Labute approximate surface area is 198 Å². The van der Waals surface area contributed by atoms with Crippen molar-refractivity contribution in [3.63, 3.8) is 0 Å². The highest BCUT2D eigenvalue weighted by molar-refractivity contribution is 7.22. The second-order valence-corrected chi connectivity index (χ2v) is 8.41. The number of hydrogen-bond acceptors (Lipinski definition) is 7. The third-order valence-corrected chi connectivity index (χ3v) is 6.20. The fraction of sp³-hybridized carbons (Fsp3) is 0.130. The number of nitro groups is 1. The lowest BCUT2D eigenvalue weighted by molar-refractivity contribution is -0.385. The number of carbonyl (C=O) groups excluding carboxylic acids is 1. The summed E-state index contributed by atoms with van der Waals surface area (Å²) in [5, 5.41) is 12.7. The van der Waals surface area contributed by atoms with Gasteiger partial charge in [0.2, 0.25) is 0 Å². The first-order chi connectivity index (χ1) is 15.9. The number of fused-ring (bicyclic) bond motifs is 1. The Bertz CT molecular complexity index is 1340. The summed E-state index contributed by atoms with van der Waals surface area (Å²) >= 11 is 7.39. The van der Waals surface area contributed by atoms with Gasteiger partial charge in [-0.25, -0.2) is 4.98 Å². The number of carbonyl (C=O) groups is 1. The Morgan fingerprint density at radius 2 is 1.79 bits per heavy atom. The molecule has 0 saturated carbocycles. The molecule has 0 atom stereocenters. The van der Waals surface area contributed by atoms with Gasteiger partial charge in [0.15, 0.2) is 16.6 Å². The standard InChI is InChI=1S/C23H18ClN3O5S/c1-31-19-11-16(18(27(29)30)12-20(19)32-2)22(28)26(13-14-6-4-3-5-7-14)23-25-17-9-8-15(24)10-21(17)33-23/h3-12H,13H2,1-2H3. The van der Waals surface area contributed by atoms with Gasteiger partial charge in [0.25, 0.3) is 11.6 Å². The van der Waals surface area contributed by atoms with E-state index in [0.29, 0.717) is 15.7 Å². The molecular weight excluding hydrogens is 466 g/mol. The van der Waals surface area contributed by atoms with E-state index in [1.165, 1.54) is 42.6 Å². The molecule has 1 aromatic heterocycles. The molecule has 1 amide bonds. The van der Waals surface area contributed by atoms with Gasteiger partial charge in [0, 0.05) is 11.1 Å². The van der Waals surface area contributed by atoms with Gasteiger partial charge in [-0.05, 0) is 23.8 Å². The molecule has 0 bridgehead atoms. The van der Waals surface area contributed by atoms with Crippen molar-refractivity contribution in [3.8, 4) is 11.5 Å². The van der Waals surface area contributed by atoms with Crippen molar-refractivity contribution in [1.29, 1.82) is 0 Å². The number of amides is 1. The van der Waals surface area contributed by atoms with Crippen LogP contribution in [0.5, 0.6) is 11.5 Å². The minimum absolute atomic E-state index is 0.133. The number of thiazole rings is 1. The second kappa shape index (κ2) is 9.43. The lowest BCUT2D eigenvalue weighted by Crippen LogP contribution is -2.31. The number of nitrogens with zero attached hydrogens (tertiary/aromatic N) is 3. The largest absolute Gasteiger partial charge is 0.493 e. The number of nitro benzene ring substituents is 1. The number of ether oxygens (including phenoxy) is 2. The first kappa shape index (κ1) is 22.5. The zero-order valence-corrected chi connectivity index (χ0v) is 19.2. The van der Waals surface area contributed by atoms with Gasteiger partial charge in [0.05, 0.1) is 42.0 Å². The van der Waals surface area contributed by atoms with Crippen LogP contribution in [0, 0.1) is 10.1 Å². The topological polar surface area (TPSA) is 94.8 Å². The van der Waals surface area contributed by atoms with Crippen LogP contribution in [0.25, 0.3) is 10.2 Å². The van der Waals surface area contributed by atoms with Crippen molar-refractivity contribution >= 4 is 49.9 Å². The predicted molar refractivity (Wildman–Crippen MR) is 128 cm³/mol. The minimum Gasteiger partial charge on any atom is -0.493 e. The molecule has 0 radical (unpaired) electrons. The molecule has 1 heterocycles. The quantitative estimate of drug-likeness (QED) is 0.246. The summed E-state index contributed by atoms with van der Waals surface area (Å²) in [7, 11) is 2.77. The van der Waals surface area contributed by atoms with Crippen molar-refractivity contribution in [2.24, 2.45) is 0 Å². The summed E-state index contributed by atoms with van der Waals surface area (Å²) in [4.78, 5) is 30.9. The van der Waals surface area contributed by atoms with Gasteiger partial charge < -0.3 is 9.47 Å². The van der Waals surface area contributed by atoms with E-state index in [-0.39, 0.29) is 29.3 Å². The molecule has 0 aliphatic rings. The maximum absolute atomic E-state index is 13.8. The number of rotatable bonds is 7. The third kappa shape index (κ3) is 4.59. The molecule has 3 aromatic carbocycles. The lowest BCUT2D eigenvalue weighted by atomic mass is 10.1. The number of aromatic nitrogens is 1. The smallest absolute Gasteiger partial charge is 0.286 e. The molecule has 8 nitrogen and oxygen atoms in total. The van der Waals surface area contributed by atoms with Crippen LogP contribution >= 0.6 is 22.9 Å². The fourth-order valence-corrected chi connectivity index (χ4v) is 4.57. The Kier molecular flexibility index (Phi) is 6.43. The maximum atomic E-state index is 13.8. The van der Waals surface area contributed by atoms with Crippen LogP contribution in [0.1, 0.15) is 15.9 Å². The molecule has 0 N–H and O–H groups in total. The third-order valence-electron chi connectivity index (χ3n) is 4.93. The first-order valence-electron chi connectivity index (χ1n) is 9.73. The Balaban J connectivity index is 1.86. The summed E-state index contributed by atoms with van der Waals surface area (Å²) in [5.41, 5.74) is 0.990. The molecule has 0 spiro atoms.